The Bertz CT molecular complexity index is 563. The first-order chi connectivity index (χ1) is 8.74. The van der Waals surface area contributed by atoms with Crippen molar-refractivity contribution in [3.63, 3.8) is 0 Å². The van der Waals surface area contributed by atoms with E-state index < -0.39 is 0 Å². The number of anilines is 1. The van der Waals surface area contributed by atoms with Crippen LogP contribution in [0.15, 0.2) is 30.6 Å². The molecule has 2 N–H and O–H groups in total. The summed E-state index contributed by atoms with van der Waals surface area (Å²) in [5.74, 6) is 1.33. The Labute approximate surface area is 107 Å². The van der Waals surface area contributed by atoms with E-state index in [-0.39, 0.29) is 0 Å². The van der Waals surface area contributed by atoms with E-state index in [1.54, 1.807) is 6.20 Å². The fourth-order valence-electron chi connectivity index (χ4n) is 2.69. The molecule has 1 aliphatic carbocycles. The van der Waals surface area contributed by atoms with Crippen LogP contribution in [0, 0.1) is 5.92 Å². The van der Waals surface area contributed by atoms with Crippen LogP contribution in [0.25, 0.3) is 11.1 Å². The molecule has 3 nitrogen and oxygen atoms in total. The summed E-state index contributed by atoms with van der Waals surface area (Å²) in [5.41, 5.74) is 10.8. The second kappa shape index (κ2) is 4.41. The van der Waals surface area contributed by atoms with Crippen LogP contribution in [0.5, 0.6) is 0 Å². The van der Waals surface area contributed by atoms with Crippen molar-refractivity contribution < 1.29 is 0 Å². The van der Waals surface area contributed by atoms with Crippen LogP contribution < -0.4 is 5.73 Å². The first-order valence-electron chi connectivity index (χ1n) is 6.42. The Morgan fingerprint density at radius 1 is 1.39 bits per heavy atom. The van der Waals surface area contributed by atoms with Crippen LogP contribution in [0.1, 0.15) is 24.6 Å². The Balaban J connectivity index is 2.17. The zero-order valence-electron chi connectivity index (χ0n) is 10.6. The zero-order valence-corrected chi connectivity index (χ0v) is 10.6. The summed E-state index contributed by atoms with van der Waals surface area (Å²) in [7, 11) is 0. The number of aryl methyl sites for hydroxylation is 1. The standard InChI is InChI=1S/C15H17N3/c1-10-4-5-14-13(7-10)12(8-15(16)18-14)11-3-2-6-17-9-11/h2-3,6,8-10H,4-5,7H2,1H3,(H2,16,18). The Morgan fingerprint density at radius 2 is 2.28 bits per heavy atom. The molecule has 0 fully saturated rings. The van der Waals surface area contributed by atoms with E-state index in [2.05, 4.69) is 23.0 Å². The fraction of sp³-hybridized carbons (Fsp3) is 0.333. The van der Waals surface area contributed by atoms with E-state index in [1.165, 1.54) is 23.2 Å². The number of aromatic nitrogens is 2. The molecular formula is C15H17N3. The Morgan fingerprint density at radius 3 is 3.06 bits per heavy atom. The molecule has 2 heterocycles. The second-order valence-corrected chi connectivity index (χ2v) is 5.11. The van der Waals surface area contributed by atoms with Crippen molar-refractivity contribution in [1.82, 2.24) is 9.97 Å². The topological polar surface area (TPSA) is 51.8 Å². The molecule has 2 aromatic rings. The van der Waals surface area contributed by atoms with E-state index >= 15 is 0 Å². The normalized spacial score (nSPS) is 18.4. The van der Waals surface area contributed by atoms with Crippen molar-refractivity contribution >= 4 is 5.82 Å². The minimum Gasteiger partial charge on any atom is -0.384 e. The minimum absolute atomic E-state index is 0.613. The van der Waals surface area contributed by atoms with Crippen LogP contribution >= 0.6 is 0 Å². The van der Waals surface area contributed by atoms with E-state index in [1.807, 2.05) is 18.3 Å². The van der Waals surface area contributed by atoms with Gasteiger partial charge >= 0.3 is 0 Å². The average molecular weight is 239 g/mol. The molecule has 0 aromatic carbocycles. The van der Waals surface area contributed by atoms with Crippen molar-refractivity contribution in [2.45, 2.75) is 26.2 Å². The van der Waals surface area contributed by atoms with Gasteiger partial charge in [0.25, 0.3) is 0 Å². The lowest BCUT2D eigenvalue weighted by Gasteiger charge is -2.23. The van der Waals surface area contributed by atoms with Gasteiger partial charge in [0.05, 0.1) is 0 Å². The number of rotatable bonds is 1. The summed E-state index contributed by atoms with van der Waals surface area (Å²) in [6.07, 6.45) is 7.02. The molecule has 0 saturated heterocycles. The number of hydrogen-bond acceptors (Lipinski definition) is 3. The van der Waals surface area contributed by atoms with Crippen molar-refractivity contribution in [2.24, 2.45) is 5.92 Å². The van der Waals surface area contributed by atoms with Gasteiger partial charge in [0.1, 0.15) is 5.82 Å². The maximum Gasteiger partial charge on any atom is 0.124 e. The van der Waals surface area contributed by atoms with Crippen LogP contribution in [0.4, 0.5) is 5.82 Å². The first kappa shape index (κ1) is 11.2. The van der Waals surface area contributed by atoms with E-state index in [0.717, 1.165) is 24.3 Å². The number of pyridine rings is 2. The van der Waals surface area contributed by atoms with Crippen molar-refractivity contribution in [1.29, 1.82) is 0 Å². The molecule has 92 valence electrons. The molecule has 0 saturated carbocycles. The van der Waals surface area contributed by atoms with Crippen molar-refractivity contribution in [2.75, 3.05) is 5.73 Å². The third-order valence-electron chi connectivity index (χ3n) is 3.63. The Hall–Kier alpha value is -1.90. The number of nitrogens with two attached hydrogens (primary N) is 1. The van der Waals surface area contributed by atoms with Gasteiger partial charge in [0, 0.05) is 23.7 Å². The van der Waals surface area contributed by atoms with Crippen molar-refractivity contribution in [3.05, 3.63) is 41.9 Å². The minimum atomic E-state index is 0.613. The van der Waals surface area contributed by atoms with Crippen LogP contribution in [0.3, 0.4) is 0 Å². The van der Waals surface area contributed by atoms with Gasteiger partial charge in [-0.3, -0.25) is 4.98 Å². The molecule has 0 amide bonds. The SMILES string of the molecule is CC1CCc2nc(N)cc(-c3cccnc3)c2C1. The molecular weight excluding hydrogens is 222 g/mol. The lowest BCUT2D eigenvalue weighted by atomic mass is 9.84. The summed E-state index contributed by atoms with van der Waals surface area (Å²) in [6.45, 7) is 2.30. The van der Waals surface area contributed by atoms with Gasteiger partial charge in [-0.25, -0.2) is 4.98 Å². The molecule has 1 atom stereocenters. The molecule has 3 rings (SSSR count). The molecule has 0 spiro atoms. The molecule has 18 heavy (non-hydrogen) atoms. The highest BCUT2D eigenvalue weighted by Gasteiger charge is 2.20. The summed E-state index contributed by atoms with van der Waals surface area (Å²) in [6, 6.07) is 6.03. The van der Waals surface area contributed by atoms with Crippen molar-refractivity contribution in [3.8, 4) is 11.1 Å². The zero-order chi connectivity index (χ0) is 12.5. The smallest absolute Gasteiger partial charge is 0.124 e. The third-order valence-corrected chi connectivity index (χ3v) is 3.63. The quantitative estimate of drug-likeness (QED) is 0.832. The lowest BCUT2D eigenvalue weighted by Crippen LogP contribution is -2.15. The molecule has 3 heteroatoms. The largest absolute Gasteiger partial charge is 0.384 e. The monoisotopic (exact) mass is 239 g/mol. The maximum absolute atomic E-state index is 5.92. The maximum atomic E-state index is 5.92. The Kier molecular flexibility index (Phi) is 2.74. The number of hydrogen-bond donors (Lipinski definition) is 1. The van der Waals surface area contributed by atoms with E-state index in [4.69, 9.17) is 5.73 Å². The predicted molar refractivity (Wildman–Crippen MR) is 73.1 cm³/mol. The molecule has 0 bridgehead atoms. The van der Waals surface area contributed by atoms with Gasteiger partial charge in [-0.05, 0) is 48.4 Å². The summed E-state index contributed by atoms with van der Waals surface area (Å²) < 4.78 is 0. The molecule has 0 aliphatic heterocycles. The van der Waals surface area contributed by atoms with Gasteiger partial charge in [-0.1, -0.05) is 13.0 Å². The highest BCUT2D eigenvalue weighted by molar-refractivity contribution is 5.70. The van der Waals surface area contributed by atoms with E-state index in [0.29, 0.717) is 5.82 Å². The third kappa shape index (κ3) is 1.96. The van der Waals surface area contributed by atoms with Crippen LogP contribution in [0.2, 0.25) is 0 Å². The average Bonchev–Trinajstić information content (AvgIpc) is 2.39. The molecule has 0 radical (unpaired) electrons. The number of nitrogen functional groups attached to an aromatic ring is 1. The number of fused-ring (bicyclic) bond motifs is 1. The van der Waals surface area contributed by atoms with Gasteiger partial charge < -0.3 is 5.73 Å². The van der Waals surface area contributed by atoms with Gasteiger partial charge in [0.2, 0.25) is 0 Å². The van der Waals surface area contributed by atoms with Crippen LogP contribution in [-0.4, -0.2) is 9.97 Å². The van der Waals surface area contributed by atoms with Gasteiger partial charge in [-0.2, -0.15) is 0 Å². The van der Waals surface area contributed by atoms with Crippen LogP contribution in [-0.2, 0) is 12.8 Å². The van der Waals surface area contributed by atoms with E-state index in [9.17, 15) is 0 Å². The highest BCUT2D eigenvalue weighted by Crippen LogP contribution is 2.33. The highest BCUT2D eigenvalue weighted by atomic mass is 14.8. The fourth-order valence-corrected chi connectivity index (χ4v) is 2.69. The second-order valence-electron chi connectivity index (χ2n) is 5.11. The summed E-state index contributed by atoms with van der Waals surface area (Å²) in [5, 5.41) is 0. The van der Waals surface area contributed by atoms with Gasteiger partial charge in [-0.15, -0.1) is 0 Å². The summed E-state index contributed by atoms with van der Waals surface area (Å²) in [4.78, 5) is 8.69. The molecule has 1 unspecified atom stereocenters. The molecule has 1 aliphatic rings. The van der Waals surface area contributed by atoms with Gasteiger partial charge in [0.15, 0.2) is 0 Å². The number of nitrogens with zero attached hydrogens (tertiary/aromatic N) is 2. The predicted octanol–water partition coefficient (Wildman–Crippen LogP) is 2.85. The lowest BCUT2D eigenvalue weighted by molar-refractivity contribution is 0.495. The summed E-state index contributed by atoms with van der Waals surface area (Å²) >= 11 is 0. The molecule has 2 aromatic heterocycles. The first-order valence-corrected chi connectivity index (χ1v) is 6.42.